The molecule has 0 aromatic heterocycles. The maximum atomic E-state index is 12.7. The number of hydrogen-bond donors (Lipinski definition) is 0. The van der Waals surface area contributed by atoms with Crippen LogP contribution in [0.3, 0.4) is 0 Å². The van der Waals surface area contributed by atoms with Crippen LogP contribution in [0.2, 0.25) is 0 Å². The summed E-state index contributed by atoms with van der Waals surface area (Å²) in [7, 11) is 0. The number of nitrogens with zero attached hydrogens (tertiary/aromatic N) is 3. The van der Waals surface area contributed by atoms with E-state index in [2.05, 4.69) is 0 Å². The summed E-state index contributed by atoms with van der Waals surface area (Å²) in [6, 6.07) is 0. The molecule has 198 valence electrons. The molecular weight excluding hydrogens is 466 g/mol. The molecule has 0 bridgehead atoms. The van der Waals surface area contributed by atoms with Crippen molar-refractivity contribution in [3.8, 4) is 0 Å². The first kappa shape index (κ1) is 27.4. The Bertz CT molecular complexity index is 844. The number of cyclic esters (lactones) is 1. The fourth-order valence-electron chi connectivity index (χ4n) is 4.42. The lowest BCUT2D eigenvalue weighted by molar-refractivity contribution is -0.143. The molecule has 0 saturated carbocycles. The minimum absolute atomic E-state index is 0.0564. The summed E-state index contributed by atoms with van der Waals surface area (Å²) in [5, 5.41) is 0. The van der Waals surface area contributed by atoms with Crippen LogP contribution in [-0.2, 0) is 28.7 Å². The van der Waals surface area contributed by atoms with Crippen molar-refractivity contribution in [1.82, 2.24) is 14.7 Å². The van der Waals surface area contributed by atoms with Crippen molar-refractivity contribution in [2.24, 2.45) is 0 Å². The molecule has 0 aromatic rings. The van der Waals surface area contributed by atoms with Gasteiger partial charge in [-0.3, -0.25) is 24.1 Å². The molecule has 0 aromatic carbocycles. The zero-order valence-electron chi connectivity index (χ0n) is 20.9. The average molecular weight is 504 g/mol. The third kappa shape index (κ3) is 8.80. The Morgan fingerprint density at radius 2 is 1.64 bits per heavy atom. The van der Waals surface area contributed by atoms with Gasteiger partial charge >= 0.3 is 12.1 Å². The van der Waals surface area contributed by atoms with Crippen molar-refractivity contribution in [2.45, 2.75) is 70.3 Å². The number of carbonyl (C=O) groups excluding carboxylic acids is 5. The molecule has 1 atom stereocenters. The van der Waals surface area contributed by atoms with Crippen LogP contribution in [0.1, 0.15) is 64.2 Å². The van der Waals surface area contributed by atoms with Crippen molar-refractivity contribution in [1.29, 1.82) is 0 Å². The number of unbranched alkanes of at least 4 members (excludes halogenated alkanes) is 2. The molecule has 3 aliphatic rings. The molecule has 1 fully saturated rings. The van der Waals surface area contributed by atoms with E-state index in [9.17, 15) is 24.0 Å². The van der Waals surface area contributed by atoms with Crippen LogP contribution in [0.25, 0.3) is 0 Å². The maximum absolute atomic E-state index is 12.7. The number of imide groups is 1. The molecule has 10 heteroatoms. The SMILES string of the molecule is O=C1CCCCCC(OC(=O)N2CCN(C(=O)CCCCCN3C(=O)C=CC3=O)CC2)/C=C\CCO1. The number of carbonyl (C=O) groups is 5. The second-order valence-corrected chi connectivity index (χ2v) is 9.30. The second kappa shape index (κ2) is 14.4. The fraction of sp³-hybridized carbons (Fsp3) is 0.654. The van der Waals surface area contributed by atoms with E-state index in [4.69, 9.17) is 9.47 Å². The highest BCUT2D eigenvalue weighted by atomic mass is 16.6. The van der Waals surface area contributed by atoms with Crippen LogP contribution >= 0.6 is 0 Å². The predicted octanol–water partition coefficient (Wildman–Crippen LogP) is 2.57. The van der Waals surface area contributed by atoms with E-state index < -0.39 is 0 Å². The van der Waals surface area contributed by atoms with Crippen molar-refractivity contribution < 1.29 is 33.4 Å². The van der Waals surface area contributed by atoms with Crippen LogP contribution in [0.15, 0.2) is 24.3 Å². The number of ether oxygens (including phenoxy) is 2. The molecule has 0 spiro atoms. The summed E-state index contributed by atoms with van der Waals surface area (Å²) in [6.07, 6.45) is 12.4. The first-order valence-electron chi connectivity index (χ1n) is 13.0. The standard InChI is InChI=1S/C26H37N3O7/c30-22(11-4-2-7-15-29-23(31)13-14-24(29)32)27-16-18-28(19-17-27)26(34)36-21-9-3-1-5-12-25(33)35-20-8-6-10-21/h6,10,13-14,21H,1-5,7-9,11-12,15-20H2/b10-6-. The Kier molecular flexibility index (Phi) is 11.0. The number of hydrogen-bond acceptors (Lipinski definition) is 7. The highest BCUT2D eigenvalue weighted by molar-refractivity contribution is 6.12. The molecule has 36 heavy (non-hydrogen) atoms. The van der Waals surface area contributed by atoms with E-state index in [0.717, 1.165) is 25.7 Å². The van der Waals surface area contributed by atoms with Gasteiger partial charge in [0.05, 0.1) is 6.61 Å². The molecular formula is C26H37N3O7. The first-order chi connectivity index (χ1) is 17.4. The number of piperazine rings is 1. The Labute approximate surface area is 212 Å². The van der Waals surface area contributed by atoms with Gasteiger partial charge in [0.2, 0.25) is 5.91 Å². The first-order valence-corrected chi connectivity index (χ1v) is 13.0. The van der Waals surface area contributed by atoms with Gasteiger partial charge in [-0.1, -0.05) is 18.9 Å². The van der Waals surface area contributed by atoms with Crippen LogP contribution in [-0.4, -0.2) is 89.9 Å². The molecule has 3 rings (SSSR count). The average Bonchev–Trinajstić information content (AvgIpc) is 3.19. The van der Waals surface area contributed by atoms with E-state index >= 15 is 0 Å². The van der Waals surface area contributed by atoms with Crippen LogP contribution < -0.4 is 0 Å². The van der Waals surface area contributed by atoms with Crippen LogP contribution in [0.4, 0.5) is 4.79 Å². The van der Waals surface area contributed by atoms with Crippen molar-refractivity contribution in [3.05, 3.63) is 24.3 Å². The van der Waals surface area contributed by atoms with E-state index in [1.807, 2.05) is 12.2 Å². The Morgan fingerprint density at radius 3 is 2.39 bits per heavy atom. The van der Waals surface area contributed by atoms with Crippen molar-refractivity contribution in [3.63, 3.8) is 0 Å². The van der Waals surface area contributed by atoms with Crippen molar-refractivity contribution >= 4 is 29.8 Å². The summed E-state index contributed by atoms with van der Waals surface area (Å²) < 4.78 is 10.9. The summed E-state index contributed by atoms with van der Waals surface area (Å²) in [4.78, 5) is 64.5. The monoisotopic (exact) mass is 503 g/mol. The summed E-state index contributed by atoms with van der Waals surface area (Å²) in [5.41, 5.74) is 0. The molecule has 0 radical (unpaired) electrons. The fourth-order valence-corrected chi connectivity index (χ4v) is 4.42. The molecule has 3 aliphatic heterocycles. The maximum Gasteiger partial charge on any atom is 0.410 e. The molecule has 10 nitrogen and oxygen atoms in total. The van der Waals surface area contributed by atoms with Gasteiger partial charge in [-0.25, -0.2) is 4.79 Å². The van der Waals surface area contributed by atoms with E-state index in [1.165, 1.54) is 17.1 Å². The quantitative estimate of drug-likeness (QED) is 0.227. The van der Waals surface area contributed by atoms with E-state index in [0.29, 0.717) is 77.9 Å². The third-order valence-electron chi connectivity index (χ3n) is 6.58. The van der Waals surface area contributed by atoms with E-state index in [1.54, 1.807) is 9.80 Å². The summed E-state index contributed by atoms with van der Waals surface area (Å²) >= 11 is 0. The Morgan fingerprint density at radius 1 is 0.917 bits per heavy atom. The third-order valence-corrected chi connectivity index (χ3v) is 6.58. The van der Waals surface area contributed by atoms with Gasteiger partial charge in [-0.2, -0.15) is 0 Å². The largest absolute Gasteiger partial charge is 0.465 e. The molecule has 1 unspecified atom stereocenters. The number of esters is 1. The van der Waals surface area contributed by atoms with Crippen LogP contribution in [0, 0.1) is 0 Å². The van der Waals surface area contributed by atoms with Gasteiger partial charge in [0, 0.05) is 57.7 Å². The van der Waals surface area contributed by atoms with Gasteiger partial charge in [0.25, 0.3) is 11.8 Å². The van der Waals surface area contributed by atoms with Crippen molar-refractivity contribution in [2.75, 3.05) is 39.3 Å². The Balaban J connectivity index is 1.32. The normalized spacial score (nSPS) is 22.6. The summed E-state index contributed by atoms with van der Waals surface area (Å²) in [6.45, 7) is 2.53. The minimum Gasteiger partial charge on any atom is -0.465 e. The van der Waals surface area contributed by atoms with E-state index in [-0.39, 0.29) is 35.9 Å². The summed E-state index contributed by atoms with van der Waals surface area (Å²) in [5.74, 6) is -0.652. The van der Waals surface area contributed by atoms with Gasteiger partial charge < -0.3 is 19.3 Å². The predicted molar refractivity (Wildman–Crippen MR) is 131 cm³/mol. The molecule has 1 saturated heterocycles. The second-order valence-electron chi connectivity index (χ2n) is 9.30. The molecule has 3 heterocycles. The number of amides is 4. The van der Waals surface area contributed by atoms with Crippen LogP contribution in [0.5, 0.6) is 0 Å². The van der Waals surface area contributed by atoms with Gasteiger partial charge in [-0.15, -0.1) is 0 Å². The lowest BCUT2D eigenvalue weighted by atomic mass is 10.1. The van der Waals surface area contributed by atoms with Gasteiger partial charge in [0.1, 0.15) is 6.10 Å². The van der Waals surface area contributed by atoms with Gasteiger partial charge in [-0.05, 0) is 44.6 Å². The minimum atomic E-state index is -0.365. The molecule has 0 aliphatic carbocycles. The topological polar surface area (TPSA) is 114 Å². The smallest absolute Gasteiger partial charge is 0.410 e. The lowest BCUT2D eigenvalue weighted by Crippen LogP contribution is -2.51. The Hall–Kier alpha value is -3.17. The molecule has 0 N–H and O–H groups in total. The highest BCUT2D eigenvalue weighted by Gasteiger charge is 2.26. The highest BCUT2D eigenvalue weighted by Crippen LogP contribution is 2.15. The van der Waals surface area contributed by atoms with Gasteiger partial charge in [0.15, 0.2) is 0 Å². The number of rotatable bonds is 7. The molecule has 4 amide bonds. The lowest BCUT2D eigenvalue weighted by Gasteiger charge is -2.34. The zero-order chi connectivity index (χ0) is 25.8. The zero-order valence-corrected chi connectivity index (χ0v) is 20.9.